The zero-order chi connectivity index (χ0) is 16.8. The molecule has 4 nitrogen and oxygen atoms in total. The maximum absolute atomic E-state index is 12.4. The lowest BCUT2D eigenvalue weighted by molar-refractivity contribution is 0.0953. The average Bonchev–Trinajstić information content (AvgIpc) is 2.86. The maximum Gasteiger partial charge on any atom is 0.271 e. The zero-order valence-electron chi connectivity index (χ0n) is 14.7. The first-order valence-electron chi connectivity index (χ1n) is 8.31. The molecule has 3 rings (SSSR count). The van der Waals surface area contributed by atoms with Crippen LogP contribution in [-0.4, -0.2) is 18.7 Å². The predicted molar refractivity (Wildman–Crippen MR) is 91.9 cm³/mol. The SMILES string of the molecule is COc1cc(C(=O)N/N=C2/C[C@H]3CC[C@]2(C)C3(C)C)ccc1C. The third-order valence-electron chi connectivity index (χ3n) is 6.47. The number of hydrogen-bond donors (Lipinski definition) is 1. The molecule has 4 heteroatoms. The monoisotopic (exact) mass is 314 g/mol. The highest BCUT2D eigenvalue weighted by atomic mass is 16.5. The first-order valence-corrected chi connectivity index (χ1v) is 8.31. The fraction of sp³-hybridized carbons (Fsp3) is 0.579. The van der Waals surface area contributed by atoms with Gasteiger partial charge in [-0.25, -0.2) is 5.43 Å². The molecule has 2 atom stereocenters. The van der Waals surface area contributed by atoms with Gasteiger partial charge < -0.3 is 4.74 Å². The summed E-state index contributed by atoms with van der Waals surface area (Å²) in [7, 11) is 1.61. The second kappa shape index (κ2) is 5.36. The van der Waals surface area contributed by atoms with Gasteiger partial charge in [-0.3, -0.25) is 4.79 Å². The van der Waals surface area contributed by atoms with Crippen LogP contribution in [0.4, 0.5) is 0 Å². The minimum absolute atomic E-state index is 0.107. The topological polar surface area (TPSA) is 50.7 Å². The number of hydrogen-bond acceptors (Lipinski definition) is 3. The van der Waals surface area contributed by atoms with E-state index in [-0.39, 0.29) is 16.7 Å². The summed E-state index contributed by atoms with van der Waals surface area (Å²) in [6.07, 6.45) is 3.43. The van der Waals surface area contributed by atoms with Crippen molar-refractivity contribution in [1.82, 2.24) is 5.43 Å². The molecule has 1 amide bonds. The Kier molecular flexibility index (Phi) is 3.74. The predicted octanol–water partition coefficient (Wildman–Crippen LogP) is 3.94. The van der Waals surface area contributed by atoms with Crippen molar-refractivity contribution in [1.29, 1.82) is 0 Å². The number of nitrogens with one attached hydrogen (secondary N) is 1. The highest BCUT2D eigenvalue weighted by Gasteiger charge is 2.59. The lowest BCUT2D eigenvalue weighted by atomic mass is 9.70. The van der Waals surface area contributed by atoms with Crippen molar-refractivity contribution in [3.05, 3.63) is 29.3 Å². The van der Waals surface area contributed by atoms with Gasteiger partial charge in [0, 0.05) is 16.7 Å². The van der Waals surface area contributed by atoms with Crippen molar-refractivity contribution < 1.29 is 9.53 Å². The van der Waals surface area contributed by atoms with E-state index in [2.05, 4.69) is 31.3 Å². The summed E-state index contributed by atoms with van der Waals surface area (Å²) in [6.45, 7) is 8.92. The number of benzene rings is 1. The summed E-state index contributed by atoms with van der Waals surface area (Å²) in [6, 6.07) is 5.46. The molecule has 1 aromatic rings. The van der Waals surface area contributed by atoms with Crippen molar-refractivity contribution in [2.75, 3.05) is 7.11 Å². The number of methoxy groups -OCH3 is 1. The van der Waals surface area contributed by atoms with Gasteiger partial charge in [0.05, 0.1) is 7.11 Å². The number of nitrogens with zero attached hydrogens (tertiary/aromatic N) is 1. The first-order chi connectivity index (χ1) is 10.8. The molecule has 1 N–H and O–H groups in total. The van der Waals surface area contributed by atoms with Gasteiger partial charge in [0.15, 0.2) is 0 Å². The lowest BCUT2D eigenvalue weighted by Gasteiger charge is -2.34. The van der Waals surface area contributed by atoms with E-state index in [1.54, 1.807) is 19.2 Å². The molecule has 2 bridgehead atoms. The molecule has 2 fully saturated rings. The smallest absolute Gasteiger partial charge is 0.271 e. The van der Waals surface area contributed by atoms with Crippen LogP contribution in [0.2, 0.25) is 0 Å². The fourth-order valence-corrected chi connectivity index (χ4v) is 4.24. The van der Waals surface area contributed by atoms with Crippen LogP contribution in [0, 0.1) is 23.7 Å². The van der Waals surface area contributed by atoms with Crippen LogP contribution in [0.5, 0.6) is 5.75 Å². The van der Waals surface area contributed by atoms with Crippen LogP contribution in [0.25, 0.3) is 0 Å². The number of amides is 1. The van der Waals surface area contributed by atoms with Crippen molar-refractivity contribution in [3.8, 4) is 5.75 Å². The van der Waals surface area contributed by atoms with Crippen LogP contribution < -0.4 is 10.2 Å². The second-order valence-corrected chi connectivity index (χ2v) is 7.68. The molecule has 2 saturated carbocycles. The summed E-state index contributed by atoms with van der Waals surface area (Å²) < 4.78 is 5.28. The minimum atomic E-state index is -0.181. The molecule has 0 spiro atoms. The third-order valence-corrected chi connectivity index (χ3v) is 6.47. The molecule has 23 heavy (non-hydrogen) atoms. The molecule has 2 aliphatic rings. The summed E-state index contributed by atoms with van der Waals surface area (Å²) in [5.74, 6) is 1.22. The van der Waals surface area contributed by atoms with Gasteiger partial charge in [-0.2, -0.15) is 5.10 Å². The molecular weight excluding hydrogens is 288 g/mol. The molecule has 0 saturated heterocycles. The van der Waals surface area contributed by atoms with Crippen molar-refractivity contribution >= 4 is 11.6 Å². The quantitative estimate of drug-likeness (QED) is 0.859. The second-order valence-electron chi connectivity index (χ2n) is 7.68. The molecule has 0 heterocycles. The van der Waals surface area contributed by atoms with Gasteiger partial charge in [-0.15, -0.1) is 0 Å². The van der Waals surface area contributed by atoms with Gasteiger partial charge in [0.25, 0.3) is 5.91 Å². The highest BCUT2D eigenvalue weighted by Crippen LogP contribution is 2.63. The fourth-order valence-electron chi connectivity index (χ4n) is 4.24. The Balaban J connectivity index is 1.77. The lowest BCUT2D eigenvalue weighted by Crippen LogP contribution is -2.34. The number of carbonyl (C=O) groups is 1. The maximum atomic E-state index is 12.4. The Labute approximate surface area is 138 Å². The molecule has 2 aliphatic carbocycles. The Morgan fingerprint density at radius 1 is 1.35 bits per heavy atom. The molecule has 0 aromatic heterocycles. The molecule has 124 valence electrons. The zero-order valence-corrected chi connectivity index (χ0v) is 14.7. The number of carbonyl (C=O) groups excluding carboxylic acids is 1. The Bertz CT molecular complexity index is 678. The number of hydrazone groups is 1. The van der Waals surface area contributed by atoms with Crippen LogP contribution in [0.1, 0.15) is 56.0 Å². The first kappa shape index (κ1) is 16.0. The van der Waals surface area contributed by atoms with E-state index in [1.807, 2.05) is 13.0 Å². The number of fused-ring (bicyclic) bond motifs is 2. The Hall–Kier alpha value is -1.84. The van der Waals surface area contributed by atoms with E-state index in [9.17, 15) is 4.79 Å². The van der Waals surface area contributed by atoms with Gasteiger partial charge >= 0.3 is 0 Å². The van der Waals surface area contributed by atoms with E-state index >= 15 is 0 Å². The highest BCUT2D eigenvalue weighted by molar-refractivity contribution is 5.98. The van der Waals surface area contributed by atoms with Crippen molar-refractivity contribution in [2.24, 2.45) is 21.8 Å². The molecule has 0 unspecified atom stereocenters. The van der Waals surface area contributed by atoms with Gasteiger partial charge in [0.1, 0.15) is 5.75 Å². The van der Waals surface area contributed by atoms with Crippen LogP contribution in [0.3, 0.4) is 0 Å². The van der Waals surface area contributed by atoms with Crippen LogP contribution in [-0.2, 0) is 0 Å². The number of rotatable bonds is 3. The average molecular weight is 314 g/mol. The van der Waals surface area contributed by atoms with Gasteiger partial charge in [-0.05, 0) is 55.2 Å². The van der Waals surface area contributed by atoms with Crippen molar-refractivity contribution in [3.63, 3.8) is 0 Å². The summed E-state index contributed by atoms with van der Waals surface area (Å²) in [4.78, 5) is 12.4. The largest absolute Gasteiger partial charge is 0.496 e. The summed E-state index contributed by atoms with van der Waals surface area (Å²) in [5, 5.41) is 4.50. The third kappa shape index (κ3) is 2.35. The number of aryl methyl sites for hydroxylation is 1. The van der Waals surface area contributed by atoms with Gasteiger partial charge in [-0.1, -0.05) is 26.8 Å². The van der Waals surface area contributed by atoms with Gasteiger partial charge in [0.2, 0.25) is 0 Å². The van der Waals surface area contributed by atoms with Crippen LogP contribution >= 0.6 is 0 Å². The standard InChI is InChI=1S/C19H26N2O2/c1-12-6-7-13(10-15(12)23-5)17(22)21-20-16-11-14-8-9-19(16,4)18(14,2)3/h6-7,10,14H,8-9,11H2,1-5H3,(H,21,22)/b20-16-/t14-,19+/m1/s1. The van der Waals surface area contributed by atoms with Crippen LogP contribution in [0.15, 0.2) is 23.3 Å². The molecule has 1 aromatic carbocycles. The molecule has 0 radical (unpaired) electrons. The summed E-state index contributed by atoms with van der Waals surface area (Å²) >= 11 is 0. The number of ether oxygens (including phenoxy) is 1. The minimum Gasteiger partial charge on any atom is -0.496 e. The van der Waals surface area contributed by atoms with Crippen molar-refractivity contribution in [2.45, 2.75) is 47.0 Å². The summed E-state index contributed by atoms with van der Waals surface area (Å²) in [5.41, 5.74) is 5.86. The van der Waals surface area contributed by atoms with E-state index in [0.717, 1.165) is 29.9 Å². The van der Waals surface area contributed by atoms with E-state index in [4.69, 9.17) is 4.74 Å². The van der Waals surface area contributed by atoms with E-state index < -0.39 is 0 Å². The van der Waals surface area contributed by atoms with E-state index in [0.29, 0.717) is 11.5 Å². The Morgan fingerprint density at radius 3 is 2.65 bits per heavy atom. The Morgan fingerprint density at radius 2 is 2.09 bits per heavy atom. The van der Waals surface area contributed by atoms with E-state index in [1.165, 1.54) is 6.42 Å². The molecule has 0 aliphatic heterocycles. The normalized spacial score (nSPS) is 29.8. The molecular formula is C19H26N2O2.